The molecule has 5 aromatic rings. The molecule has 0 bridgehead atoms. The third kappa shape index (κ3) is 3.66. The van der Waals surface area contributed by atoms with Gasteiger partial charge >= 0.3 is 0 Å². The first-order chi connectivity index (χ1) is 18.1. The van der Waals surface area contributed by atoms with Crippen LogP contribution in [0.5, 0.6) is 11.5 Å². The fourth-order valence-corrected chi connectivity index (χ4v) is 7.69. The van der Waals surface area contributed by atoms with Gasteiger partial charge in [0.25, 0.3) is 0 Å². The van der Waals surface area contributed by atoms with Gasteiger partial charge in [0, 0.05) is 36.9 Å². The molecule has 0 radical (unpaired) electrons. The molecule has 180 valence electrons. The van der Waals surface area contributed by atoms with E-state index in [1.165, 1.54) is 30.7 Å². The van der Waals surface area contributed by atoms with Crippen LogP contribution in [0.2, 0.25) is 0 Å². The molecule has 37 heavy (non-hydrogen) atoms. The van der Waals surface area contributed by atoms with Crippen molar-refractivity contribution in [2.75, 3.05) is 4.90 Å². The first-order valence-corrected chi connectivity index (χ1v) is 14.1. The Morgan fingerprint density at radius 2 is 1.19 bits per heavy atom. The Balaban J connectivity index is 1.45. The van der Waals surface area contributed by atoms with Crippen LogP contribution in [0.25, 0.3) is 0 Å². The molecule has 0 aliphatic carbocycles. The quantitative estimate of drug-likeness (QED) is 0.232. The predicted octanol–water partition coefficient (Wildman–Crippen LogP) is 10.2. The minimum absolute atomic E-state index is 0.178. The molecular formula is C33H25NOS2. The first-order valence-electron chi connectivity index (χ1n) is 12.4. The lowest BCUT2D eigenvalue weighted by Gasteiger charge is -2.38. The van der Waals surface area contributed by atoms with Crippen LogP contribution in [0.15, 0.2) is 135 Å². The highest BCUT2D eigenvalue weighted by Crippen LogP contribution is 2.57. The van der Waals surface area contributed by atoms with E-state index in [-0.39, 0.29) is 5.41 Å². The summed E-state index contributed by atoms with van der Waals surface area (Å²) in [5, 5.41) is 0. The molecule has 0 atom stereocenters. The normalized spacial score (nSPS) is 14.4. The Labute approximate surface area is 226 Å². The molecule has 0 spiro atoms. The Bertz CT molecular complexity index is 1640. The predicted molar refractivity (Wildman–Crippen MR) is 154 cm³/mol. The van der Waals surface area contributed by atoms with E-state index < -0.39 is 0 Å². The number of nitrogens with zero attached hydrogens (tertiary/aromatic N) is 1. The summed E-state index contributed by atoms with van der Waals surface area (Å²) in [6.45, 7) is 4.58. The number of benzene rings is 5. The highest BCUT2D eigenvalue weighted by molar-refractivity contribution is 8.05. The zero-order valence-electron chi connectivity index (χ0n) is 20.6. The van der Waals surface area contributed by atoms with Crippen molar-refractivity contribution in [1.82, 2.24) is 0 Å². The van der Waals surface area contributed by atoms with Crippen molar-refractivity contribution in [3.63, 3.8) is 0 Å². The van der Waals surface area contributed by atoms with Gasteiger partial charge in [-0.15, -0.1) is 0 Å². The van der Waals surface area contributed by atoms with Crippen molar-refractivity contribution < 1.29 is 4.74 Å². The molecule has 2 aliphatic heterocycles. The zero-order valence-corrected chi connectivity index (χ0v) is 22.3. The largest absolute Gasteiger partial charge is 0.455 e. The summed E-state index contributed by atoms with van der Waals surface area (Å²) >= 11 is 3.69. The molecule has 5 aromatic carbocycles. The van der Waals surface area contributed by atoms with Crippen molar-refractivity contribution in [3.05, 3.63) is 126 Å². The van der Waals surface area contributed by atoms with Crippen molar-refractivity contribution in [2.24, 2.45) is 0 Å². The molecule has 0 N–H and O–H groups in total. The molecule has 0 saturated heterocycles. The fourth-order valence-electron chi connectivity index (χ4n) is 5.32. The molecule has 7 rings (SSSR count). The highest BCUT2D eigenvalue weighted by atomic mass is 32.2. The maximum atomic E-state index is 6.71. The molecule has 2 heterocycles. The Morgan fingerprint density at radius 3 is 2.03 bits per heavy atom. The zero-order chi connectivity index (χ0) is 25.0. The lowest BCUT2D eigenvalue weighted by atomic mass is 9.75. The second-order valence-corrected chi connectivity index (χ2v) is 11.9. The average molecular weight is 516 g/mol. The topological polar surface area (TPSA) is 12.5 Å². The summed E-state index contributed by atoms with van der Waals surface area (Å²) in [6, 6.07) is 40.9. The van der Waals surface area contributed by atoms with Gasteiger partial charge in [-0.2, -0.15) is 0 Å². The van der Waals surface area contributed by atoms with Gasteiger partial charge in [0.15, 0.2) is 5.75 Å². The second kappa shape index (κ2) is 8.76. The van der Waals surface area contributed by atoms with E-state index in [4.69, 9.17) is 4.74 Å². The van der Waals surface area contributed by atoms with Gasteiger partial charge in [-0.05, 0) is 48.5 Å². The Kier molecular flexibility index (Phi) is 5.35. The number of anilines is 3. The van der Waals surface area contributed by atoms with Crippen LogP contribution >= 0.6 is 23.5 Å². The first kappa shape index (κ1) is 22.6. The van der Waals surface area contributed by atoms with E-state index in [1.807, 2.05) is 23.5 Å². The third-order valence-corrected chi connectivity index (χ3v) is 9.78. The number of hydrogen-bond acceptors (Lipinski definition) is 4. The lowest BCUT2D eigenvalue weighted by molar-refractivity contribution is 0.419. The smallest absolute Gasteiger partial charge is 0.155 e. The van der Waals surface area contributed by atoms with E-state index in [0.29, 0.717) is 0 Å². The van der Waals surface area contributed by atoms with Gasteiger partial charge in [-0.3, -0.25) is 0 Å². The van der Waals surface area contributed by atoms with E-state index in [0.717, 1.165) is 28.6 Å². The molecule has 0 saturated carbocycles. The summed E-state index contributed by atoms with van der Waals surface area (Å²) in [5.41, 5.74) is 5.54. The van der Waals surface area contributed by atoms with Crippen molar-refractivity contribution in [2.45, 2.75) is 38.8 Å². The summed E-state index contributed by atoms with van der Waals surface area (Å²) in [5.74, 6) is 1.84. The van der Waals surface area contributed by atoms with Crippen molar-refractivity contribution in [1.29, 1.82) is 0 Å². The maximum Gasteiger partial charge on any atom is 0.155 e. The third-order valence-electron chi connectivity index (χ3n) is 7.18. The molecule has 0 aromatic heterocycles. The van der Waals surface area contributed by atoms with Crippen LogP contribution in [0.4, 0.5) is 17.1 Å². The molecular weight excluding hydrogens is 491 g/mol. The van der Waals surface area contributed by atoms with Crippen LogP contribution in [0.1, 0.15) is 25.0 Å². The van der Waals surface area contributed by atoms with Crippen LogP contribution in [0.3, 0.4) is 0 Å². The van der Waals surface area contributed by atoms with Crippen LogP contribution < -0.4 is 9.64 Å². The Hall–Kier alpha value is -3.60. The number of fused-ring (bicyclic) bond motifs is 4. The van der Waals surface area contributed by atoms with Gasteiger partial charge in [0.05, 0.1) is 16.3 Å². The number of hydrogen-bond donors (Lipinski definition) is 0. The van der Waals surface area contributed by atoms with Crippen molar-refractivity contribution in [3.8, 4) is 11.5 Å². The average Bonchev–Trinajstić information content (AvgIpc) is 2.93. The number of ether oxygens (including phenoxy) is 1. The van der Waals surface area contributed by atoms with E-state index in [2.05, 4.69) is 134 Å². The molecule has 0 unspecified atom stereocenters. The van der Waals surface area contributed by atoms with Gasteiger partial charge in [-0.25, -0.2) is 0 Å². The highest BCUT2D eigenvalue weighted by Gasteiger charge is 2.37. The summed E-state index contributed by atoms with van der Waals surface area (Å²) < 4.78 is 6.71. The second-order valence-electron chi connectivity index (χ2n) is 9.80. The minimum Gasteiger partial charge on any atom is -0.455 e. The Morgan fingerprint density at radius 1 is 0.568 bits per heavy atom. The van der Waals surface area contributed by atoms with Crippen molar-refractivity contribution >= 4 is 40.6 Å². The fraction of sp³-hybridized carbons (Fsp3) is 0.0909. The summed E-state index contributed by atoms with van der Waals surface area (Å²) in [6.07, 6.45) is 0. The molecule has 4 heteroatoms. The molecule has 0 amide bonds. The SMILES string of the molecule is CC1(C)c2ccccc2Oc2c(N(c3ccccc3)c3cccc4c3Sc3ccccc3S4)cccc21. The van der Waals surface area contributed by atoms with Gasteiger partial charge in [-0.1, -0.05) is 104 Å². The number of rotatable bonds is 3. The van der Waals surface area contributed by atoms with E-state index in [1.54, 1.807) is 0 Å². The molecule has 2 aliphatic rings. The standard InChI is InChI=1S/C33H25NOS2/c1-33(2)23-14-6-7-18-27(23)35-31-24(33)15-10-16-25(31)34(22-12-4-3-5-13-22)26-17-11-21-30-32(26)37-29-20-9-8-19-28(29)36-30/h3-21H,1-2H3. The van der Waals surface area contributed by atoms with Gasteiger partial charge in [0.2, 0.25) is 0 Å². The monoisotopic (exact) mass is 515 g/mol. The van der Waals surface area contributed by atoms with Crippen LogP contribution in [-0.4, -0.2) is 0 Å². The van der Waals surface area contributed by atoms with Crippen LogP contribution in [-0.2, 0) is 5.41 Å². The van der Waals surface area contributed by atoms with E-state index >= 15 is 0 Å². The number of para-hydroxylation sites is 3. The summed E-state index contributed by atoms with van der Waals surface area (Å²) in [4.78, 5) is 7.51. The van der Waals surface area contributed by atoms with Crippen LogP contribution in [0, 0.1) is 0 Å². The molecule has 2 nitrogen and oxygen atoms in total. The minimum atomic E-state index is -0.178. The molecule has 0 fully saturated rings. The van der Waals surface area contributed by atoms with Gasteiger partial charge < -0.3 is 9.64 Å². The van der Waals surface area contributed by atoms with Gasteiger partial charge in [0.1, 0.15) is 5.75 Å². The lowest BCUT2D eigenvalue weighted by Crippen LogP contribution is -2.25. The maximum absolute atomic E-state index is 6.71. The van der Waals surface area contributed by atoms with E-state index in [9.17, 15) is 0 Å². The summed E-state index contributed by atoms with van der Waals surface area (Å²) in [7, 11) is 0.